The van der Waals surface area contributed by atoms with Gasteiger partial charge in [0.25, 0.3) is 5.91 Å². The maximum absolute atomic E-state index is 13.8. The van der Waals surface area contributed by atoms with Crippen LogP contribution < -0.4 is 5.32 Å². The van der Waals surface area contributed by atoms with Gasteiger partial charge >= 0.3 is 6.03 Å². The van der Waals surface area contributed by atoms with Gasteiger partial charge in [-0.25, -0.2) is 4.79 Å². The number of benzene rings is 1. The van der Waals surface area contributed by atoms with Gasteiger partial charge in [0.15, 0.2) is 0 Å². The van der Waals surface area contributed by atoms with Crippen molar-refractivity contribution in [2.45, 2.75) is 70.0 Å². The van der Waals surface area contributed by atoms with Gasteiger partial charge in [0.05, 0.1) is 6.26 Å². The molecule has 36 heavy (non-hydrogen) atoms. The second kappa shape index (κ2) is 10.8. The zero-order valence-corrected chi connectivity index (χ0v) is 21.7. The molecule has 4 heterocycles. The molecule has 3 saturated heterocycles. The minimum Gasteiger partial charge on any atom is -0.464 e. The molecule has 3 amide bonds. The Hall–Kier alpha value is -2.64. The summed E-state index contributed by atoms with van der Waals surface area (Å²) in [5, 5.41) is 3.21. The van der Waals surface area contributed by atoms with Gasteiger partial charge in [-0.1, -0.05) is 37.6 Å². The summed E-state index contributed by atoms with van der Waals surface area (Å²) in [5.41, 5.74) is 1.64. The van der Waals surface area contributed by atoms with E-state index in [0.29, 0.717) is 19.0 Å². The van der Waals surface area contributed by atoms with E-state index in [1.165, 1.54) is 16.9 Å². The van der Waals surface area contributed by atoms with Gasteiger partial charge in [0, 0.05) is 24.7 Å². The van der Waals surface area contributed by atoms with Crippen molar-refractivity contribution in [2.75, 3.05) is 33.2 Å². The first-order valence-electron chi connectivity index (χ1n) is 13.7. The van der Waals surface area contributed by atoms with E-state index >= 15 is 0 Å². The standard InChI is InChI=1S/C29H40N4O3/c1-3-15-29(27(34)33(28(35)30-29)19-14-24-9-6-16-31(24)2)23-12-17-32(18-13-23)21-22-8-4-5-10-25(22)26-11-7-20-36-26/h4-5,7-8,10-11,20,23-24H,3,6,9,12-19,21H2,1-2H3,(H,30,35)/t24-,29+/m0/s1. The van der Waals surface area contributed by atoms with Crippen LogP contribution in [0.3, 0.4) is 0 Å². The molecular weight excluding hydrogens is 452 g/mol. The molecule has 1 N–H and O–H groups in total. The maximum Gasteiger partial charge on any atom is 0.325 e. The van der Waals surface area contributed by atoms with E-state index in [2.05, 4.69) is 47.3 Å². The van der Waals surface area contributed by atoms with Crippen LogP contribution in [0.15, 0.2) is 47.1 Å². The van der Waals surface area contributed by atoms with Gasteiger partial charge in [-0.3, -0.25) is 14.6 Å². The van der Waals surface area contributed by atoms with E-state index in [0.717, 1.165) is 69.6 Å². The van der Waals surface area contributed by atoms with Crippen molar-refractivity contribution in [3.05, 3.63) is 48.2 Å². The van der Waals surface area contributed by atoms with Gasteiger partial charge in [-0.05, 0) is 88.8 Å². The first-order chi connectivity index (χ1) is 17.5. The lowest BCUT2D eigenvalue weighted by Crippen LogP contribution is -2.56. The first-order valence-corrected chi connectivity index (χ1v) is 13.7. The number of urea groups is 1. The van der Waals surface area contributed by atoms with Crippen molar-refractivity contribution in [1.82, 2.24) is 20.0 Å². The number of nitrogens with one attached hydrogen (secondary N) is 1. The Balaban J connectivity index is 1.23. The first kappa shape index (κ1) is 25.0. The topological polar surface area (TPSA) is 69.0 Å². The molecule has 7 nitrogen and oxygen atoms in total. The Morgan fingerprint density at radius 1 is 1.06 bits per heavy atom. The molecular formula is C29H40N4O3. The van der Waals surface area contributed by atoms with E-state index in [1.54, 1.807) is 6.26 Å². The van der Waals surface area contributed by atoms with Crippen LogP contribution in [-0.4, -0.2) is 71.4 Å². The fourth-order valence-corrected chi connectivity index (χ4v) is 6.67. The summed E-state index contributed by atoms with van der Waals surface area (Å²) in [6, 6.07) is 12.6. The summed E-state index contributed by atoms with van der Waals surface area (Å²) in [7, 11) is 2.14. The van der Waals surface area contributed by atoms with Crippen molar-refractivity contribution in [1.29, 1.82) is 0 Å². The van der Waals surface area contributed by atoms with Crippen molar-refractivity contribution < 1.29 is 14.0 Å². The average Bonchev–Trinajstić information content (AvgIpc) is 3.61. The number of hydrogen-bond donors (Lipinski definition) is 1. The van der Waals surface area contributed by atoms with Crippen LogP contribution in [0.5, 0.6) is 0 Å². The monoisotopic (exact) mass is 492 g/mol. The fraction of sp³-hybridized carbons (Fsp3) is 0.586. The molecule has 0 unspecified atom stereocenters. The highest BCUT2D eigenvalue weighted by atomic mass is 16.3. The summed E-state index contributed by atoms with van der Waals surface area (Å²) >= 11 is 0. The highest BCUT2D eigenvalue weighted by Crippen LogP contribution is 2.38. The van der Waals surface area contributed by atoms with E-state index in [9.17, 15) is 9.59 Å². The molecule has 5 rings (SSSR count). The van der Waals surface area contributed by atoms with Crippen LogP contribution in [0.25, 0.3) is 11.3 Å². The zero-order valence-electron chi connectivity index (χ0n) is 21.7. The number of likely N-dealkylation sites (tertiary alicyclic amines) is 2. The van der Waals surface area contributed by atoms with E-state index in [-0.39, 0.29) is 17.9 Å². The van der Waals surface area contributed by atoms with Gasteiger partial charge in [0.1, 0.15) is 11.3 Å². The number of rotatable bonds is 9. The predicted molar refractivity (Wildman–Crippen MR) is 140 cm³/mol. The summed E-state index contributed by atoms with van der Waals surface area (Å²) in [6.45, 7) is 6.42. The van der Waals surface area contributed by atoms with Crippen molar-refractivity contribution >= 4 is 11.9 Å². The maximum atomic E-state index is 13.8. The van der Waals surface area contributed by atoms with Crippen LogP contribution >= 0.6 is 0 Å². The number of furan rings is 1. The number of carbonyl (C=O) groups is 2. The highest BCUT2D eigenvalue weighted by Gasteiger charge is 2.55. The third kappa shape index (κ3) is 4.83. The molecule has 0 spiro atoms. The fourth-order valence-electron chi connectivity index (χ4n) is 6.67. The second-order valence-electron chi connectivity index (χ2n) is 10.9. The molecule has 0 bridgehead atoms. The van der Waals surface area contributed by atoms with Crippen molar-refractivity contribution in [3.8, 4) is 11.3 Å². The number of nitrogens with zero attached hydrogens (tertiary/aromatic N) is 3. The van der Waals surface area contributed by atoms with E-state index in [4.69, 9.17) is 4.42 Å². The molecule has 0 saturated carbocycles. The normalized spacial score (nSPS) is 26.2. The molecule has 2 atom stereocenters. The SMILES string of the molecule is CCC[C@]1(C2CCN(Cc3ccccc3-c3ccco3)CC2)NC(=O)N(CC[C@@H]2CCCN2C)C1=O. The third-order valence-corrected chi connectivity index (χ3v) is 8.69. The third-order valence-electron chi connectivity index (χ3n) is 8.69. The van der Waals surface area contributed by atoms with Crippen LogP contribution in [0.1, 0.15) is 57.4 Å². The van der Waals surface area contributed by atoms with Crippen LogP contribution in [0.2, 0.25) is 0 Å². The zero-order chi connectivity index (χ0) is 25.1. The summed E-state index contributed by atoms with van der Waals surface area (Å²) in [6.07, 6.45) is 8.35. The predicted octanol–water partition coefficient (Wildman–Crippen LogP) is 4.73. The van der Waals surface area contributed by atoms with Gasteiger partial charge in [0.2, 0.25) is 0 Å². The second-order valence-corrected chi connectivity index (χ2v) is 10.9. The largest absolute Gasteiger partial charge is 0.464 e. The molecule has 1 aromatic heterocycles. The molecule has 0 radical (unpaired) electrons. The van der Waals surface area contributed by atoms with Crippen molar-refractivity contribution in [3.63, 3.8) is 0 Å². The Labute approximate surface area is 214 Å². The summed E-state index contributed by atoms with van der Waals surface area (Å²) < 4.78 is 5.66. The molecule has 0 aliphatic carbocycles. The molecule has 3 aliphatic heterocycles. The van der Waals surface area contributed by atoms with Crippen LogP contribution in [-0.2, 0) is 11.3 Å². The number of amides is 3. The quantitative estimate of drug-likeness (QED) is 0.513. The van der Waals surface area contributed by atoms with Gasteiger partial charge in [-0.2, -0.15) is 0 Å². The number of imide groups is 1. The lowest BCUT2D eigenvalue weighted by molar-refractivity contribution is -0.134. The van der Waals surface area contributed by atoms with Crippen LogP contribution in [0.4, 0.5) is 4.79 Å². The molecule has 3 aliphatic rings. The number of piperidine rings is 1. The van der Waals surface area contributed by atoms with E-state index in [1.807, 2.05) is 18.2 Å². The summed E-state index contributed by atoms with van der Waals surface area (Å²) in [5.74, 6) is 1.08. The van der Waals surface area contributed by atoms with Gasteiger partial charge in [-0.15, -0.1) is 0 Å². The minimum atomic E-state index is -0.744. The Kier molecular flexibility index (Phi) is 7.49. The average molecular weight is 493 g/mol. The molecule has 1 aromatic carbocycles. The number of hydrogen-bond acceptors (Lipinski definition) is 5. The smallest absolute Gasteiger partial charge is 0.325 e. The summed E-state index contributed by atoms with van der Waals surface area (Å²) in [4.78, 5) is 33.1. The van der Waals surface area contributed by atoms with Crippen LogP contribution in [0, 0.1) is 5.92 Å². The molecule has 3 fully saturated rings. The Morgan fingerprint density at radius 2 is 1.86 bits per heavy atom. The minimum absolute atomic E-state index is 0.0108. The Morgan fingerprint density at radius 3 is 2.56 bits per heavy atom. The lowest BCUT2D eigenvalue weighted by Gasteiger charge is -2.41. The highest BCUT2D eigenvalue weighted by molar-refractivity contribution is 6.07. The molecule has 2 aromatic rings. The Bertz CT molecular complexity index is 1050. The van der Waals surface area contributed by atoms with E-state index < -0.39 is 5.54 Å². The van der Waals surface area contributed by atoms with Gasteiger partial charge < -0.3 is 14.6 Å². The molecule has 194 valence electrons. The molecule has 7 heteroatoms. The number of carbonyl (C=O) groups excluding carboxylic acids is 2. The van der Waals surface area contributed by atoms with Crippen molar-refractivity contribution in [2.24, 2.45) is 5.92 Å². The lowest BCUT2D eigenvalue weighted by atomic mass is 9.74.